The van der Waals surface area contributed by atoms with Gasteiger partial charge in [-0.25, -0.2) is 0 Å². The van der Waals surface area contributed by atoms with Crippen LogP contribution in [0.1, 0.15) is 20.8 Å². The van der Waals surface area contributed by atoms with Gasteiger partial charge in [0.15, 0.2) is 0 Å². The Morgan fingerprint density at radius 1 is 0.933 bits per heavy atom. The fraction of sp³-hybridized carbons (Fsp3) is 1.00. The Balaban J connectivity index is 4.60. The molecule has 94 valence electrons. The van der Waals surface area contributed by atoms with E-state index < -0.39 is 18.4 Å². The van der Waals surface area contributed by atoms with Gasteiger partial charge in [0.25, 0.3) is 0 Å². The molecule has 0 aromatic heterocycles. The molecule has 3 nitrogen and oxygen atoms in total. The molecule has 0 amide bonds. The minimum atomic E-state index is -2.37. The van der Waals surface area contributed by atoms with Gasteiger partial charge in [-0.2, -0.15) is 0 Å². The van der Waals surface area contributed by atoms with E-state index in [9.17, 15) is 0 Å². The molecule has 0 aliphatic heterocycles. The molecule has 6 heteroatoms. The SMILES string of the molecule is CCO[Si](C[Se](C)(C)I)(OCC)OCC. The standard InChI is InChI=1S/C9H23IO3SeSi/c1-6-11-15(12-7-2,13-8-3)9-14(4,5)10/h6-9H2,1-5H3. The average molecular weight is 413 g/mol. The van der Waals surface area contributed by atoms with Crippen LogP contribution in [0.15, 0.2) is 0 Å². The molecule has 0 rings (SSSR count). The van der Waals surface area contributed by atoms with Crippen LogP contribution in [0, 0.1) is 0 Å². The number of hydrogen-bond acceptors (Lipinski definition) is 3. The molecule has 0 bridgehead atoms. The van der Waals surface area contributed by atoms with Crippen LogP contribution in [0.3, 0.4) is 0 Å². The summed E-state index contributed by atoms with van der Waals surface area (Å²) < 4.78 is 17.4. The van der Waals surface area contributed by atoms with Crippen molar-refractivity contribution in [2.45, 2.75) is 37.4 Å². The third-order valence-corrected chi connectivity index (χ3v) is 16.2. The topological polar surface area (TPSA) is 27.7 Å². The van der Waals surface area contributed by atoms with E-state index in [0.717, 1.165) is 4.94 Å². The first-order chi connectivity index (χ1) is 6.89. The summed E-state index contributed by atoms with van der Waals surface area (Å²) in [5.41, 5.74) is 0. The van der Waals surface area contributed by atoms with Crippen LogP contribution in [-0.2, 0) is 13.3 Å². The van der Waals surface area contributed by atoms with Crippen LogP contribution in [0.4, 0.5) is 0 Å². The van der Waals surface area contributed by atoms with E-state index >= 15 is 0 Å². The van der Waals surface area contributed by atoms with Gasteiger partial charge < -0.3 is 0 Å². The van der Waals surface area contributed by atoms with Crippen molar-refractivity contribution in [3.63, 3.8) is 0 Å². The van der Waals surface area contributed by atoms with E-state index in [1.165, 1.54) is 0 Å². The van der Waals surface area contributed by atoms with E-state index in [1.807, 2.05) is 20.8 Å². The van der Waals surface area contributed by atoms with E-state index in [-0.39, 0.29) is 0 Å². The van der Waals surface area contributed by atoms with Gasteiger partial charge in [0.1, 0.15) is 0 Å². The van der Waals surface area contributed by atoms with Gasteiger partial charge in [-0.1, -0.05) is 0 Å². The zero-order valence-electron chi connectivity index (χ0n) is 10.3. The van der Waals surface area contributed by atoms with Crippen LogP contribution < -0.4 is 0 Å². The summed E-state index contributed by atoms with van der Waals surface area (Å²) in [5, 5.41) is 0. The zero-order valence-corrected chi connectivity index (χ0v) is 15.2. The van der Waals surface area contributed by atoms with Crippen LogP contribution in [-0.4, -0.2) is 38.2 Å². The molecular formula is C9H23IO3SeSi. The van der Waals surface area contributed by atoms with Crippen LogP contribution >= 0.6 is 20.3 Å². The second kappa shape index (κ2) is 7.63. The first-order valence-electron chi connectivity index (χ1n) is 5.21. The summed E-state index contributed by atoms with van der Waals surface area (Å²) in [7, 11) is -3.79. The predicted octanol–water partition coefficient (Wildman–Crippen LogP) is 3.21. The fourth-order valence-corrected chi connectivity index (χ4v) is 16.8. The van der Waals surface area contributed by atoms with Crippen LogP contribution in [0.5, 0.6) is 0 Å². The first-order valence-corrected chi connectivity index (χ1v) is 17.0. The van der Waals surface area contributed by atoms with Gasteiger partial charge in [0.05, 0.1) is 0 Å². The Kier molecular flexibility index (Phi) is 8.31. The molecule has 0 N–H and O–H groups in total. The summed E-state index contributed by atoms with van der Waals surface area (Å²) >= 11 is 2.57. The monoisotopic (exact) mass is 414 g/mol. The average Bonchev–Trinajstić information content (AvgIpc) is 2.01. The molecule has 0 saturated carbocycles. The zero-order chi connectivity index (χ0) is 11.9. The Morgan fingerprint density at radius 3 is 1.47 bits per heavy atom. The molecule has 0 unspecified atom stereocenters. The number of rotatable bonds is 8. The van der Waals surface area contributed by atoms with E-state index in [1.54, 1.807) is 0 Å². The molecule has 0 fully saturated rings. The fourth-order valence-electron chi connectivity index (χ4n) is 1.33. The van der Waals surface area contributed by atoms with Crippen LogP contribution in [0.2, 0.25) is 16.6 Å². The van der Waals surface area contributed by atoms with Gasteiger partial charge in [-0.15, -0.1) is 0 Å². The molecule has 15 heavy (non-hydrogen) atoms. The van der Waals surface area contributed by atoms with Crippen LogP contribution in [0.25, 0.3) is 0 Å². The summed E-state index contributed by atoms with van der Waals surface area (Å²) in [6, 6.07) is 0. The molecule has 0 aliphatic rings. The number of hydrogen-bond donors (Lipinski definition) is 0. The van der Waals surface area contributed by atoms with Crippen molar-refractivity contribution in [1.82, 2.24) is 0 Å². The molecule has 0 atom stereocenters. The van der Waals surface area contributed by atoms with Crippen molar-refractivity contribution < 1.29 is 13.3 Å². The third-order valence-electron chi connectivity index (χ3n) is 1.61. The second-order valence-corrected chi connectivity index (χ2v) is 26.1. The van der Waals surface area contributed by atoms with E-state index in [2.05, 4.69) is 32.0 Å². The molecule has 0 radical (unpaired) electrons. The van der Waals surface area contributed by atoms with Crippen molar-refractivity contribution >= 4 is 38.7 Å². The van der Waals surface area contributed by atoms with Crippen molar-refractivity contribution in [1.29, 1.82) is 0 Å². The maximum atomic E-state index is 5.82. The Bertz CT molecular complexity index is 158. The summed E-state index contributed by atoms with van der Waals surface area (Å²) in [6.07, 6.45) is 0. The van der Waals surface area contributed by atoms with Crippen molar-refractivity contribution in [2.75, 3.05) is 19.8 Å². The quantitative estimate of drug-likeness (QED) is 0.452. The van der Waals surface area contributed by atoms with Gasteiger partial charge in [0, 0.05) is 0 Å². The molecule has 0 heterocycles. The van der Waals surface area contributed by atoms with Gasteiger partial charge in [-0.05, 0) is 0 Å². The Labute approximate surface area is 109 Å². The number of halogens is 1. The van der Waals surface area contributed by atoms with E-state index in [0.29, 0.717) is 19.8 Å². The maximum absolute atomic E-state index is 5.82. The minimum absolute atomic E-state index is 0.677. The summed E-state index contributed by atoms with van der Waals surface area (Å²) in [5.74, 6) is 4.66. The van der Waals surface area contributed by atoms with Gasteiger partial charge in [-0.3, -0.25) is 0 Å². The molecule has 0 saturated heterocycles. The normalized spacial score (nSPS) is 14.3. The van der Waals surface area contributed by atoms with Crippen molar-refractivity contribution in [3.05, 3.63) is 0 Å². The summed E-state index contributed by atoms with van der Waals surface area (Å²) in [6.45, 7) is 8.04. The van der Waals surface area contributed by atoms with Gasteiger partial charge >= 0.3 is 109 Å². The van der Waals surface area contributed by atoms with E-state index in [4.69, 9.17) is 13.3 Å². The summed E-state index contributed by atoms with van der Waals surface area (Å²) in [4.78, 5) is 1.01. The third kappa shape index (κ3) is 7.30. The Morgan fingerprint density at radius 2 is 1.27 bits per heavy atom. The molecule has 0 aromatic carbocycles. The molecule has 0 aromatic rings. The molecule has 0 aliphatic carbocycles. The van der Waals surface area contributed by atoms with Gasteiger partial charge in [0.2, 0.25) is 0 Å². The predicted molar refractivity (Wildman–Crippen MR) is 76.9 cm³/mol. The molecular weight excluding hydrogens is 390 g/mol. The molecule has 0 spiro atoms. The first kappa shape index (κ1) is 16.3. The van der Waals surface area contributed by atoms with Crippen molar-refractivity contribution in [3.8, 4) is 0 Å². The Hall–Kier alpha value is 1.35. The van der Waals surface area contributed by atoms with Crippen molar-refractivity contribution in [2.24, 2.45) is 0 Å². The second-order valence-electron chi connectivity index (χ2n) is 3.53.